The van der Waals surface area contributed by atoms with Crippen molar-refractivity contribution < 1.29 is 5.11 Å². The number of aliphatic hydroxyl groups excluding tert-OH is 1. The Morgan fingerprint density at radius 1 is 1.21 bits per heavy atom. The fourth-order valence-electron chi connectivity index (χ4n) is 3.82. The summed E-state index contributed by atoms with van der Waals surface area (Å²) >= 11 is 0. The minimum atomic E-state index is 0.298. The molecule has 5 rings (SSSR count). The smallest absolute Gasteiger partial charge is 0.0888 e. The number of aromatic nitrogens is 4. The van der Waals surface area contributed by atoms with Crippen LogP contribution in [-0.2, 0) is 7.05 Å². The van der Waals surface area contributed by atoms with Crippen molar-refractivity contribution in [1.29, 1.82) is 0 Å². The number of nitrogens with zero attached hydrogens (tertiary/aromatic N) is 4. The lowest BCUT2D eigenvalue weighted by Gasteiger charge is -2.34. The van der Waals surface area contributed by atoms with Crippen LogP contribution in [-0.4, -0.2) is 31.0 Å². The zero-order valence-electron chi connectivity index (χ0n) is 13.9. The quantitative estimate of drug-likeness (QED) is 0.802. The number of fused-ring (bicyclic) bond motifs is 1. The molecule has 3 heterocycles. The molecule has 0 unspecified atom stereocenters. The molecule has 0 amide bonds. The number of aliphatic hydroxyl groups is 1. The first-order valence-electron chi connectivity index (χ1n) is 8.85. The third-order valence-electron chi connectivity index (χ3n) is 5.58. The second-order valence-corrected chi connectivity index (χ2v) is 7.38. The molecular weight excluding hydrogens is 300 g/mol. The van der Waals surface area contributed by atoms with Crippen LogP contribution in [0, 0.1) is 5.92 Å². The van der Waals surface area contributed by atoms with Gasteiger partial charge in [0.1, 0.15) is 0 Å². The van der Waals surface area contributed by atoms with Crippen molar-refractivity contribution in [3.63, 3.8) is 0 Å². The van der Waals surface area contributed by atoms with Crippen LogP contribution in [0.4, 0.5) is 0 Å². The van der Waals surface area contributed by atoms with E-state index in [9.17, 15) is 5.11 Å². The minimum absolute atomic E-state index is 0.298. The van der Waals surface area contributed by atoms with E-state index in [1.165, 1.54) is 24.1 Å². The van der Waals surface area contributed by atoms with Crippen LogP contribution in [0.5, 0.6) is 0 Å². The van der Waals surface area contributed by atoms with Gasteiger partial charge in [0.25, 0.3) is 0 Å². The third kappa shape index (κ3) is 2.18. The molecule has 24 heavy (non-hydrogen) atoms. The molecular formula is C19H22N4O. The highest BCUT2D eigenvalue weighted by Gasteiger charge is 2.34. The van der Waals surface area contributed by atoms with Crippen LogP contribution >= 0.6 is 0 Å². The van der Waals surface area contributed by atoms with Crippen LogP contribution in [0.2, 0.25) is 0 Å². The molecule has 0 spiro atoms. The van der Waals surface area contributed by atoms with E-state index in [0.29, 0.717) is 24.5 Å². The maximum absolute atomic E-state index is 9.25. The number of hydrogen-bond donors (Lipinski definition) is 1. The van der Waals surface area contributed by atoms with E-state index in [2.05, 4.69) is 39.8 Å². The summed E-state index contributed by atoms with van der Waals surface area (Å²) < 4.78 is 4.23. The first kappa shape index (κ1) is 14.2. The van der Waals surface area contributed by atoms with Gasteiger partial charge in [-0.25, -0.2) is 4.98 Å². The second kappa shape index (κ2) is 5.18. The summed E-state index contributed by atoms with van der Waals surface area (Å²) in [6, 6.07) is 6.77. The van der Waals surface area contributed by atoms with Gasteiger partial charge in [-0.3, -0.25) is 4.68 Å². The Kier molecular flexibility index (Phi) is 3.07. The van der Waals surface area contributed by atoms with Crippen LogP contribution < -0.4 is 0 Å². The predicted molar refractivity (Wildman–Crippen MR) is 92.8 cm³/mol. The highest BCUT2D eigenvalue weighted by molar-refractivity contribution is 5.79. The zero-order valence-corrected chi connectivity index (χ0v) is 13.9. The lowest BCUT2D eigenvalue weighted by Crippen LogP contribution is -2.29. The standard InChI is InChI=1S/C19H22N4O/c1-22-7-6-17-18(22)5-4-16(20-17)15-10-23(14-8-12(9-14)11-24)21-19(15)13-2-3-13/h4-7,10,12-14,24H,2-3,8-9,11H2,1H3. The van der Waals surface area contributed by atoms with Gasteiger partial charge >= 0.3 is 0 Å². The molecule has 0 bridgehead atoms. The fraction of sp³-hybridized carbons (Fsp3) is 0.474. The predicted octanol–water partition coefficient (Wildman–Crippen LogP) is 3.26. The fourth-order valence-corrected chi connectivity index (χ4v) is 3.82. The van der Waals surface area contributed by atoms with Crippen molar-refractivity contribution in [2.45, 2.75) is 37.6 Å². The zero-order chi connectivity index (χ0) is 16.3. The molecule has 0 saturated heterocycles. The topological polar surface area (TPSA) is 55.9 Å². The molecule has 0 aliphatic heterocycles. The Hall–Kier alpha value is -2.14. The SMILES string of the molecule is Cn1ccc2nc(-c3cn(C4CC(CO)C4)nc3C3CC3)ccc21. The first-order chi connectivity index (χ1) is 11.7. The number of hydrogen-bond acceptors (Lipinski definition) is 3. The molecule has 2 fully saturated rings. The van der Waals surface area contributed by atoms with E-state index in [4.69, 9.17) is 10.1 Å². The van der Waals surface area contributed by atoms with Crippen molar-refractivity contribution >= 4 is 11.0 Å². The van der Waals surface area contributed by atoms with Crippen LogP contribution in [0.3, 0.4) is 0 Å². The van der Waals surface area contributed by atoms with E-state index >= 15 is 0 Å². The molecule has 1 N–H and O–H groups in total. The van der Waals surface area contributed by atoms with E-state index in [1.54, 1.807) is 0 Å². The average Bonchev–Trinajstić information content (AvgIpc) is 3.21. The molecule has 2 aliphatic rings. The van der Waals surface area contributed by atoms with E-state index in [-0.39, 0.29) is 0 Å². The van der Waals surface area contributed by atoms with Crippen molar-refractivity contribution in [2.24, 2.45) is 13.0 Å². The summed E-state index contributed by atoms with van der Waals surface area (Å²) in [6.45, 7) is 0.298. The molecule has 0 atom stereocenters. The molecule has 2 aliphatic carbocycles. The van der Waals surface area contributed by atoms with Crippen molar-refractivity contribution in [3.8, 4) is 11.3 Å². The Balaban J connectivity index is 1.54. The van der Waals surface area contributed by atoms with Gasteiger partial charge in [-0.2, -0.15) is 5.10 Å². The highest BCUT2D eigenvalue weighted by Crippen LogP contribution is 2.45. The summed E-state index contributed by atoms with van der Waals surface area (Å²) in [5.74, 6) is 1.05. The lowest BCUT2D eigenvalue weighted by atomic mass is 9.81. The maximum atomic E-state index is 9.25. The van der Waals surface area contributed by atoms with E-state index < -0.39 is 0 Å². The number of rotatable bonds is 4. The molecule has 0 radical (unpaired) electrons. The summed E-state index contributed by atoms with van der Waals surface area (Å²) in [5, 5.41) is 14.2. The third-order valence-corrected chi connectivity index (χ3v) is 5.58. The molecule has 0 aromatic carbocycles. The first-order valence-corrected chi connectivity index (χ1v) is 8.85. The minimum Gasteiger partial charge on any atom is -0.396 e. The number of pyridine rings is 1. The summed E-state index contributed by atoms with van der Waals surface area (Å²) in [4.78, 5) is 4.87. The maximum Gasteiger partial charge on any atom is 0.0888 e. The van der Waals surface area contributed by atoms with Gasteiger partial charge in [-0.15, -0.1) is 0 Å². The summed E-state index contributed by atoms with van der Waals surface area (Å²) in [7, 11) is 2.05. The largest absolute Gasteiger partial charge is 0.396 e. The van der Waals surface area contributed by atoms with Gasteiger partial charge in [0, 0.05) is 37.5 Å². The van der Waals surface area contributed by atoms with Crippen molar-refractivity contribution in [2.75, 3.05) is 6.61 Å². The Morgan fingerprint density at radius 3 is 2.79 bits per heavy atom. The lowest BCUT2D eigenvalue weighted by molar-refractivity contribution is 0.105. The Labute approximate surface area is 140 Å². The van der Waals surface area contributed by atoms with Gasteiger partial charge < -0.3 is 9.67 Å². The molecule has 3 aromatic rings. The number of aryl methyl sites for hydroxylation is 1. The average molecular weight is 322 g/mol. The second-order valence-electron chi connectivity index (χ2n) is 7.38. The molecule has 2 saturated carbocycles. The molecule has 124 valence electrons. The van der Waals surface area contributed by atoms with Gasteiger partial charge in [0.2, 0.25) is 0 Å². The molecule has 5 nitrogen and oxygen atoms in total. The van der Waals surface area contributed by atoms with Gasteiger partial charge in [-0.1, -0.05) is 0 Å². The van der Waals surface area contributed by atoms with Gasteiger partial charge in [0.05, 0.1) is 28.5 Å². The summed E-state index contributed by atoms with van der Waals surface area (Å²) in [5.41, 5.74) is 5.62. The van der Waals surface area contributed by atoms with Crippen molar-refractivity contribution in [3.05, 3.63) is 36.3 Å². The Morgan fingerprint density at radius 2 is 2.04 bits per heavy atom. The highest BCUT2D eigenvalue weighted by atomic mass is 16.3. The normalized spacial score (nSPS) is 23.6. The van der Waals surface area contributed by atoms with Crippen molar-refractivity contribution in [1.82, 2.24) is 19.3 Å². The van der Waals surface area contributed by atoms with Gasteiger partial charge in [-0.05, 0) is 49.8 Å². The van der Waals surface area contributed by atoms with Crippen LogP contribution in [0.25, 0.3) is 22.3 Å². The molecule has 3 aromatic heterocycles. The molecule has 5 heteroatoms. The van der Waals surface area contributed by atoms with Crippen LogP contribution in [0.1, 0.15) is 43.3 Å². The van der Waals surface area contributed by atoms with E-state index in [0.717, 1.165) is 29.6 Å². The van der Waals surface area contributed by atoms with Crippen LogP contribution in [0.15, 0.2) is 30.6 Å². The van der Waals surface area contributed by atoms with Gasteiger partial charge in [0.15, 0.2) is 0 Å². The Bertz CT molecular complexity index is 899. The monoisotopic (exact) mass is 322 g/mol. The summed E-state index contributed by atoms with van der Waals surface area (Å²) in [6.07, 6.45) is 8.78. The van der Waals surface area contributed by atoms with E-state index in [1.807, 2.05) is 7.05 Å².